The molecule has 2 fully saturated rings. The average Bonchev–Trinajstić information content (AvgIpc) is 2.76. The van der Waals surface area contributed by atoms with Crippen LogP contribution in [-0.2, 0) is 0 Å². The molecular weight excluding hydrogens is 350 g/mol. The van der Waals surface area contributed by atoms with Crippen molar-refractivity contribution >= 4 is 0 Å². The number of nitriles is 1. The maximum Gasteiger partial charge on any atom is 0.0912 e. The van der Waals surface area contributed by atoms with Crippen molar-refractivity contribution < 1.29 is 0 Å². The number of allylic oxidation sites excluding steroid dienone is 4. The zero-order valence-electron chi connectivity index (χ0n) is 19.3. The second-order valence-corrected chi connectivity index (χ2v) is 10.0. The molecule has 0 heterocycles. The molecule has 0 aromatic rings. The first-order valence-corrected chi connectivity index (χ1v) is 13.0. The molecule has 0 amide bonds. The summed E-state index contributed by atoms with van der Waals surface area (Å²) in [4.78, 5) is 0. The van der Waals surface area contributed by atoms with E-state index in [9.17, 15) is 0 Å². The van der Waals surface area contributed by atoms with Gasteiger partial charge < -0.3 is 0 Å². The van der Waals surface area contributed by atoms with Gasteiger partial charge >= 0.3 is 0 Å². The second kappa shape index (κ2) is 15.8. The van der Waals surface area contributed by atoms with Crippen LogP contribution in [0.4, 0.5) is 0 Å². The molecule has 0 unspecified atom stereocenters. The molecule has 0 atom stereocenters. The van der Waals surface area contributed by atoms with Gasteiger partial charge in [-0.3, -0.25) is 0 Å². The van der Waals surface area contributed by atoms with Crippen molar-refractivity contribution in [3.05, 3.63) is 24.3 Å². The van der Waals surface area contributed by atoms with E-state index in [4.69, 9.17) is 5.26 Å². The maximum atomic E-state index is 8.52. The zero-order valence-corrected chi connectivity index (χ0v) is 19.3. The molecule has 0 N–H and O–H groups in total. The van der Waals surface area contributed by atoms with Crippen molar-refractivity contribution in [2.24, 2.45) is 23.7 Å². The Labute approximate surface area is 182 Å². The zero-order chi connectivity index (χ0) is 20.6. The Morgan fingerprint density at radius 1 is 0.655 bits per heavy atom. The monoisotopic (exact) mass is 397 g/mol. The van der Waals surface area contributed by atoms with Gasteiger partial charge in [0.1, 0.15) is 0 Å². The molecule has 0 aliphatic heterocycles. The number of nitrogens with zero attached hydrogens (tertiary/aromatic N) is 1. The summed E-state index contributed by atoms with van der Waals surface area (Å²) in [5.41, 5.74) is 0. The van der Waals surface area contributed by atoms with Crippen LogP contribution in [0, 0.1) is 35.0 Å². The summed E-state index contributed by atoms with van der Waals surface area (Å²) in [5, 5.41) is 8.52. The first-order chi connectivity index (χ1) is 14.3. The smallest absolute Gasteiger partial charge is 0.0912 e. The summed E-state index contributed by atoms with van der Waals surface area (Å²) in [5.74, 6) is 3.84. The van der Waals surface area contributed by atoms with Gasteiger partial charge in [-0.1, -0.05) is 115 Å². The van der Waals surface area contributed by atoms with Crippen molar-refractivity contribution in [2.45, 2.75) is 122 Å². The fourth-order valence-electron chi connectivity index (χ4n) is 5.70. The number of rotatable bonds is 13. The predicted molar refractivity (Wildman–Crippen MR) is 127 cm³/mol. The Morgan fingerprint density at radius 2 is 1.14 bits per heavy atom. The molecule has 0 radical (unpaired) electrons. The van der Waals surface area contributed by atoms with E-state index in [0.29, 0.717) is 0 Å². The summed E-state index contributed by atoms with van der Waals surface area (Å²) < 4.78 is 0. The summed E-state index contributed by atoms with van der Waals surface area (Å²) >= 11 is 0. The van der Waals surface area contributed by atoms with Crippen molar-refractivity contribution in [3.8, 4) is 6.07 Å². The molecular formula is C28H47N. The molecule has 2 aliphatic rings. The lowest BCUT2D eigenvalue weighted by Crippen LogP contribution is -2.15. The van der Waals surface area contributed by atoms with E-state index in [1.807, 2.05) is 12.1 Å². The van der Waals surface area contributed by atoms with Crippen LogP contribution >= 0.6 is 0 Å². The molecule has 2 rings (SSSR count). The van der Waals surface area contributed by atoms with Gasteiger partial charge in [0, 0.05) is 6.08 Å². The van der Waals surface area contributed by atoms with Crippen LogP contribution in [0.5, 0.6) is 0 Å². The summed E-state index contributed by atoms with van der Waals surface area (Å²) in [6.45, 7) is 2.31. The molecule has 2 aliphatic carbocycles. The topological polar surface area (TPSA) is 23.8 Å². The number of unbranched alkanes of at least 4 members (excludes halogenated alkanes) is 5. The molecule has 1 nitrogen and oxygen atoms in total. The lowest BCUT2D eigenvalue weighted by atomic mass is 9.77. The fourth-order valence-corrected chi connectivity index (χ4v) is 5.70. The van der Waals surface area contributed by atoms with Crippen LogP contribution in [0.15, 0.2) is 24.3 Å². The Bertz CT molecular complexity index is 481. The van der Waals surface area contributed by atoms with Gasteiger partial charge in [0.2, 0.25) is 0 Å². The highest BCUT2D eigenvalue weighted by molar-refractivity contribution is 5.12. The molecule has 164 valence electrons. The van der Waals surface area contributed by atoms with E-state index in [1.165, 1.54) is 116 Å². The van der Waals surface area contributed by atoms with Crippen LogP contribution in [0.1, 0.15) is 122 Å². The number of hydrogen-bond acceptors (Lipinski definition) is 1. The SMILES string of the molecule is CCCCCCCC1CCC(CCCCC2CCC(C=CC=CC#N)CC2)CC1. The molecule has 0 aromatic heterocycles. The maximum absolute atomic E-state index is 8.52. The standard InChI is InChI=1S/C28H47N/c1-2-3-4-5-7-12-25-16-20-27(21-17-25)14-9-10-15-28-22-18-26(19-23-28)13-8-6-11-24-29/h6,8,11,13,25-28H,2-5,7,9-10,12,14-23H2,1H3. The molecule has 29 heavy (non-hydrogen) atoms. The second-order valence-electron chi connectivity index (χ2n) is 10.0. The van der Waals surface area contributed by atoms with Crippen LogP contribution < -0.4 is 0 Å². The minimum absolute atomic E-state index is 0.747. The van der Waals surface area contributed by atoms with Gasteiger partial charge in [0.15, 0.2) is 0 Å². The van der Waals surface area contributed by atoms with Crippen LogP contribution in [0.25, 0.3) is 0 Å². The largest absolute Gasteiger partial charge is 0.193 e. The van der Waals surface area contributed by atoms with E-state index >= 15 is 0 Å². The Kier molecular flexibility index (Phi) is 13.2. The van der Waals surface area contributed by atoms with Crippen molar-refractivity contribution in [1.29, 1.82) is 5.26 Å². The minimum Gasteiger partial charge on any atom is -0.193 e. The first kappa shape index (κ1) is 24.2. The van der Waals surface area contributed by atoms with Crippen LogP contribution in [0.3, 0.4) is 0 Å². The summed E-state index contributed by atoms with van der Waals surface area (Å²) in [6.07, 6.45) is 34.1. The normalized spacial score (nSPS) is 28.1. The van der Waals surface area contributed by atoms with E-state index in [-0.39, 0.29) is 0 Å². The van der Waals surface area contributed by atoms with E-state index < -0.39 is 0 Å². The Morgan fingerprint density at radius 3 is 1.66 bits per heavy atom. The summed E-state index contributed by atoms with van der Waals surface area (Å²) in [6, 6.07) is 2.05. The highest BCUT2D eigenvalue weighted by Gasteiger charge is 2.21. The van der Waals surface area contributed by atoms with Crippen molar-refractivity contribution in [1.82, 2.24) is 0 Å². The molecule has 0 spiro atoms. The van der Waals surface area contributed by atoms with Gasteiger partial charge in [-0.05, 0) is 49.4 Å². The van der Waals surface area contributed by atoms with Crippen LogP contribution in [0.2, 0.25) is 0 Å². The fraction of sp³-hybridized carbons (Fsp3) is 0.821. The van der Waals surface area contributed by atoms with Gasteiger partial charge in [0.25, 0.3) is 0 Å². The highest BCUT2D eigenvalue weighted by atomic mass is 14.3. The molecule has 2 saturated carbocycles. The quantitative estimate of drug-likeness (QED) is 0.173. The van der Waals surface area contributed by atoms with Crippen molar-refractivity contribution in [2.75, 3.05) is 0 Å². The third-order valence-electron chi connectivity index (χ3n) is 7.71. The molecule has 1 heteroatoms. The van der Waals surface area contributed by atoms with E-state index in [0.717, 1.165) is 23.7 Å². The van der Waals surface area contributed by atoms with Gasteiger partial charge in [-0.2, -0.15) is 5.26 Å². The minimum atomic E-state index is 0.747. The average molecular weight is 398 g/mol. The lowest BCUT2D eigenvalue weighted by Gasteiger charge is -2.29. The van der Waals surface area contributed by atoms with Gasteiger partial charge in [-0.25, -0.2) is 0 Å². The molecule has 0 aromatic carbocycles. The van der Waals surface area contributed by atoms with E-state index in [1.54, 1.807) is 6.08 Å². The summed E-state index contributed by atoms with van der Waals surface area (Å²) in [7, 11) is 0. The molecule has 0 bridgehead atoms. The molecule has 0 saturated heterocycles. The highest BCUT2D eigenvalue weighted by Crippen LogP contribution is 2.36. The predicted octanol–water partition coefficient (Wildman–Crippen LogP) is 9.16. The van der Waals surface area contributed by atoms with Gasteiger partial charge in [0.05, 0.1) is 6.07 Å². The Hall–Kier alpha value is -1.03. The number of hydrogen-bond donors (Lipinski definition) is 0. The lowest BCUT2D eigenvalue weighted by molar-refractivity contribution is 0.239. The third kappa shape index (κ3) is 11.1. The third-order valence-corrected chi connectivity index (χ3v) is 7.71. The van der Waals surface area contributed by atoms with Crippen molar-refractivity contribution in [3.63, 3.8) is 0 Å². The Balaban J connectivity index is 1.44. The van der Waals surface area contributed by atoms with Gasteiger partial charge in [-0.15, -0.1) is 0 Å². The van der Waals surface area contributed by atoms with E-state index in [2.05, 4.69) is 19.1 Å². The van der Waals surface area contributed by atoms with Crippen LogP contribution in [-0.4, -0.2) is 0 Å². The first-order valence-electron chi connectivity index (χ1n) is 13.0.